The maximum atomic E-state index is 11.9. The molecule has 2 heterocycles. The van der Waals surface area contributed by atoms with Gasteiger partial charge < -0.3 is 15.0 Å². The molecule has 2 saturated heterocycles. The zero-order valence-corrected chi connectivity index (χ0v) is 10.5. The summed E-state index contributed by atoms with van der Waals surface area (Å²) in [4.78, 5) is 13.8. The quantitative estimate of drug-likeness (QED) is 0.680. The molecule has 0 aromatic carbocycles. The standard InChI is InChI=1S/C12H22N2O2/c1-12(2,3)16-11(15)14-7-9-4-5-13-6-10(9)8-14/h9-10,13H,4-8H2,1-3H3/t9-,10+/m1/s1. The molecule has 0 spiro atoms. The van der Waals surface area contributed by atoms with Gasteiger partial charge in [0.2, 0.25) is 0 Å². The first-order chi connectivity index (χ1) is 7.46. The van der Waals surface area contributed by atoms with Gasteiger partial charge in [-0.25, -0.2) is 4.79 Å². The molecule has 0 saturated carbocycles. The Hall–Kier alpha value is -0.770. The van der Waals surface area contributed by atoms with E-state index in [1.807, 2.05) is 25.7 Å². The molecule has 0 unspecified atom stereocenters. The number of carbonyl (C=O) groups excluding carboxylic acids is 1. The number of rotatable bonds is 0. The Kier molecular flexibility index (Phi) is 3.10. The third-order valence-electron chi connectivity index (χ3n) is 3.33. The third-order valence-corrected chi connectivity index (χ3v) is 3.33. The molecule has 4 heteroatoms. The highest BCUT2D eigenvalue weighted by Gasteiger charge is 2.37. The van der Waals surface area contributed by atoms with Crippen molar-refractivity contribution in [3.63, 3.8) is 0 Å². The predicted octanol–water partition coefficient (Wildman–Crippen LogP) is 1.46. The summed E-state index contributed by atoms with van der Waals surface area (Å²) in [6, 6.07) is 0. The van der Waals surface area contributed by atoms with Crippen LogP contribution in [0.15, 0.2) is 0 Å². The first kappa shape index (κ1) is 11.7. The fourth-order valence-corrected chi connectivity index (χ4v) is 2.55. The van der Waals surface area contributed by atoms with E-state index in [2.05, 4.69) is 5.32 Å². The lowest BCUT2D eigenvalue weighted by atomic mass is 9.90. The average Bonchev–Trinajstić information content (AvgIpc) is 2.58. The second-order valence-electron chi connectivity index (χ2n) is 5.90. The molecule has 2 aliphatic rings. The second kappa shape index (κ2) is 4.24. The number of hydrogen-bond acceptors (Lipinski definition) is 3. The fourth-order valence-electron chi connectivity index (χ4n) is 2.55. The third kappa shape index (κ3) is 2.67. The van der Waals surface area contributed by atoms with Gasteiger partial charge in [-0.15, -0.1) is 0 Å². The highest BCUT2D eigenvalue weighted by Crippen LogP contribution is 2.28. The summed E-state index contributed by atoms with van der Waals surface area (Å²) in [5.41, 5.74) is -0.386. The predicted molar refractivity (Wildman–Crippen MR) is 62.3 cm³/mol. The molecule has 2 rings (SSSR count). The molecule has 92 valence electrons. The summed E-state index contributed by atoms with van der Waals surface area (Å²) in [7, 11) is 0. The lowest BCUT2D eigenvalue weighted by Gasteiger charge is -2.24. The zero-order chi connectivity index (χ0) is 11.8. The number of amides is 1. The van der Waals surface area contributed by atoms with Gasteiger partial charge in [-0.3, -0.25) is 0 Å². The van der Waals surface area contributed by atoms with E-state index >= 15 is 0 Å². The molecule has 2 aliphatic heterocycles. The topological polar surface area (TPSA) is 41.6 Å². The summed E-state index contributed by atoms with van der Waals surface area (Å²) in [5.74, 6) is 1.30. The number of fused-ring (bicyclic) bond motifs is 1. The van der Waals surface area contributed by atoms with Gasteiger partial charge in [0.1, 0.15) is 5.60 Å². The Morgan fingerprint density at radius 3 is 2.62 bits per heavy atom. The lowest BCUT2D eigenvalue weighted by Crippen LogP contribution is -2.36. The number of nitrogens with zero attached hydrogens (tertiary/aromatic N) is 1. The molecule has 1 N–H and O–H groups in total. The lowest BCUT2D eigenvalue weighted by molar-refractivity contribution is 0.0285. The normalized spacial score (nSPS) is 30.1. The van der Waals surface area contributed by atoms with Crippen LogP contribution in [0.3, 0.4) is 0 Å². The number of piperidine rings is 1. The van der Waals surface area contributed by atoms with Crippen LogP contribution in [-0.2, 0) is 4.74 Å². The van der Waals surface area contributed by atoms with Gasteiger partial charge in [0.05, 0.1) is 0 Å². The van der Waals surface area contributed by atoms with Crippen molar-refractivity contribution in [2.75, 3.05) is 26.2 Å². The monoisotopic (exact) mass is 226 g/mol. The number of hydrogen-bond donors (Lipinski definition) is 1. The van der Waals surface area contributed by atoms with Crippen molar-refractivity contribution in [2.24, 2.45) is 11.8 Å². The van der Waals surface area contributed by atoms with E-state index in [1.54, 1.807) is 0 Å². The Labute approximate surface area is 97.3 Å². The maximum absolute atomic E-state index is 11.9. The van der Waals surface area contributed by atoms with E-state index < -0.39 is 0 Å². The highest BCUT2D eigenvalue weighted by atomic mass is 16.6. The van der Waals surface area contributed by atoms with Crippen molar-refractivity contribution in [3.05, 3.63) is 0 Å². The Morgan fingerprint density at radius 1 is 1.31 bits per heavy atom. The molecule has 0 radical (unpaired) electrons. The van der Waals surface area contributed by atoms with E-state index in [0.717, 1.165) is 26.2 Å². The molecule has 2 atom stereocenters. The molecular weight excluding hydrogens is 204 g/mol. The minimum Gasteiger partial charge on any atom is -0.444 e. The first-order valence-corrected chi connectivity index (χ1v) is 6.14. The van der Waals surface area contributed by atoms with Gasteiger partial charge in [-0.2, -0.15) is 0 Å². The minimum absolute atomic E-state index is 0.151. The minimum atomic E-state index is -0.386. The molecule has 0 aromatic heterocycles. The summed E-state index contributed by atoms with van der Waals surface area (Å²) in [5, 5.41) is 3.39. The molecule has 1 amide bonds. The molecule has 0 bridgehead atoms. The summed E-state index contributed by atoms with van der Waals surface area (Å²) in [6.07, 6.45) is 1.03. The van der Waals surface area contributed by atoms with Crippen LogP contribution in [0.25, 0.3) is 0 Å². The summed E-state index contributed by atoms with van der Waals surface area (Å²) in [6.45, 7) is 9.60. The van der Waals surface area contributed by atoms with E-state index in [0.29, 0.717) is 11.8 Å². The van der Waals surface area contributed by atoms with Crippen LogP contribution in [0, 0.1) is 11.8 Å². The Balaban J connectivity index is 1.90. The van der Waals surface area contributed by atoms with Crippen LogP contribution in [0.4, 0.5) is 4.79 Å². The van der Waals surface area contributed by atoms with Crippen molar-refractivity contribution in [1.29, 1.82) is 0 Å². The van der Waals surface area contributed by atoms with Crippen molar-refractivity contribution in [3.8, 4) is 0 Å². The van der Waals surface area contributed by atoms with Crippen molar-refractivity contribution in [2.45, 2.75) is 32.8 Å². The zero-order valence-electron chi connectivity index (χ0n) is 10.5. The van der Waals surface area contributed by atoms with Crippen LogP contribution in [0.5, 0.6) is 0 Å². The number of nitrogens with one attached hydrogen (secondary N) is 1. The number of likely N-dealkylation sites (tertiary alicyclic amines) is 1. The van der Waals surface area contributed by atoms with Crippen molar-refractivity contribution >= 4 is 6.09 Å². The van der Waals surface area contributed by atoms with Crippen molar-refractivity contribution < 1.29 is 9.53 Å². The second-order valence-corrected chi connectivity index (χ2v) is 5.90. The SMILES string of the molecule is CC(C)(C)OC(=O)N1C[C@H]2CCNC[C@H]2C1. The van der Waals surface area contributed by atoms with E-state index in [-0.39, 0.29) is 11.7 Å². The van der Waals surface area contributed by atoms with E-state index in [1.165, 1.54) is 6.42 Å². The Morgan fingerprint density at radius 2 is 2.00 bits per heavy atom. The van der Waals surface area contributed by atoms with E-state index in [4.69, 9.17) is 4.74 Å². The van der Waals surface area contributed by atoms with Gasteiger partial charge >= 0.3 is 6.09 Å². The van der Waals surface area contributed by atoms with Crippen LogP contribution in [0.2, 0.25) is 0 Å². The molecule has 4 nitrogen and oxygen atoms in total. The Bertz CT molecular complexity index is 259. The van der Waals surface area contributed by atoms with Gasteiger partial charge in [0, 0.05) is 13.1 Å². The molecule has 0 aromatic rings. The summed E-state index contributed by atoms with van der Waals surface area (Å²) >= 11 is 0. The highest BCUT2D eigenvalue weighted by molar-refractivity contribution is 5.68. The van der Waals surface area contributed by atoms with Gasteiger partial charge in [-0.05, 0) is 52.1 Å². The van der Waals surface area contributed by atoms with Gasteiger partial charge in [0.25, 0.3) is 0 Å². The maximum Gasteiger partial charge on any atom is 0.410 e. The van der Waals surface area contributed by atoms with Crippen LogP contribution in [-0.4, -0.2) is 42.8 Å². The number of carbonyl (C=O) groups is 1. The van der Waals surface area contributed by atoms with Crippen molar-refractivity contribution in [1.82, 2.24) is 10.2 Å². The van der Waals surface area contributed by atoms with E-state index in [9.17, 15) is 4.79 Å². The summed E-state index contributed by atoms with van der Waals surface area (Å²) < 4.78 is 5.39. The van der Waals surface area contributed by atoms with Crippen LogP contribution in [0.1, 0.15) is 27.2 Å². The van der Waals surface area contributed by atoms with Crippen LogP contribution >= 0.6 is 0 Å². The molecule has 16 heavy (non-hydrogen) atoms. The van der Waals surface area contributed by atoms with Crippen LogP contribution < -0.4 is 5.32 Å². The van der Waals surface area contributed by atoms with Gasteiger partial charge in [-0.1, -0.05) is 0 Å². The smallest absolute Gasteiger partial charge is 0.410 e. The van der Waals surface area contributed by atoms with Gasteiger partial charge in [0.15, 0.2) is 0 Å². The number of ether oxygens (including phenoxy) is 1. The first-order valence-electron chi connectivity index (χ1n) is 6.14. The molecule has 2 fully saturated rings. The molecular formula is C12H22N2O2. The largest absolute Gasteiger partial charge is 0.444 e. The fraction of sp³-hybridized carbons (Fsp3) is 0.917. The average molecular weight is 226 g/mol. The molecule has 0 aliphatic carbocycles.